The monoisotopic (exact) mass is 203 g/mol. The molecule has 1 heterocycles. The van der Waals surface area contributed by atoms with Crippen molar-refractivity contribution >= 4 is 0 Å². The minimum atomic E-state index is 0.580. The van der Waals surface area contributed by atoms with E-state index < -0.39 is 0 Å². The molecule has 1 heteroatoms. The molecule has 0 amide bonds. The Bertz CT molecular complexity index is 319. The quantitative estimate of drug-likeness (QED) is 0.777. The highest BCUT2D eigenvalue weighted by molar-refractivity contribution is 5.31. The fourth-order valence-corrected chi connectivity index (χ4v) is 2.51. The molecule has 0 spiro atoms. The van der Waals surface area contributed by atoms with Gasteiger partial charge in [0.15, 0.2) is 0 Å². The van der Waals surface area contributed by atoms with Gasteiger partial charge in [-0.1, -0.05) is 44.5 Å². The van der Waals surface area contributed by atoms with Crippen LogP contribution < -0.4 is 5.32 Å². The summed E-state index contributed by atoms with van der Waals surface area (Å²) in [5.74, 6) is 0.757. The largest absolute Gasteiger partial charge is 0.310 e. The van der Waals surface area contributed by atoms with Gasteiger partial charge in [-0.2, -0.15) is 0 Å². The van der Waals surface area contributed by atoms with E-state index in [1.54, 1.807) is 5.56 Å². The maximum absolute atomic E-state index is 3.69. The molecule has 0 saturated heterocycles. The fraction of sp³-hybridized carbons (Fsp3) is 0.571. The van der Waals surface area contributed by atoms with Crippen LogP contribution in [0.2, 0.25) is 0 Å². The van der Waals surface area contributed by atoms with Gasteiger partial charge in [-0.25, -0.2) is 0 Å². The first-order valence-electron chi connectivity index (χ1n) is 6.12. The predicted octanol–water partition coefficient (Wildman–Crippen LogP) is 3.31. The van der Waals surface area contributed by atoms with Crippen LogP contribution in [0.5, 0.6) is 0 Å². The summed E-state index contributed by atoms with van der Waals surface area (Å²) in [7, 11) is 0. The van der Waals surface area contributed by atoms with E-state index in [0.29, 0.717) is 6.04 Å². The predicted molar refractivity (Wildman–Crippen MR) is 65.0 cm³/mol. The summed E-state index contributed by atoms with van der Waals surface area (Å²) >= 11 is 0. The molecule has 1 aliphatic rings. The summed E-state index contributed by atoms with van der Waals surface area (Å²) in [6.45, 7) is 5.75. The van der Waals surface area contributed by atoms with E-state index in [1.807, 2.05) is 0 Å². The normalized spacial score (nSPS) is 25.7. The van der Waals surface area contributed by atoms with E-state index >= 15 is 0 Å². The van der Waals surface area contributed by atoms with Gasteiger partial charge < -0.3 is 5.32 Å². The van der Waals surface area contributed by atoms with E-state index in [1.165, 1.54) is 24.8 Å². The van der Waals surface area contributed by atoms with Crippen LogP contribution in [-0.4, -0.2) is 6.54 Å². The van der Waals surface area contributed by atoms with E-state index in [9.17, 15) is 0 Å². The van der Waals surface area contributed by atoms with Crippen LogP contribution in [0.1, 0.15) is 43.9 Å². The number of nitrogens with one attached hydrogen (secondary N) is 1. The Morgan fingerprint density at radius 3 is 2.93 bits per heavy atom. The second-order valence-corrected chi connectivity index (χ2v) is 4.76. The third kappa shape index (κ3) is 2.40. The molecule has 0 fully saturated rings. The Kier molecular flexibility index (Phi) is 3.42. The molecule has 2 rings (SSSR count). The first kappa shape index (κ1) is 10.7. The van der Waals surface area contributed by atoms with E-state index in [0.717, 1.165) is 12.5 Å². The molecule has 15 heavy (non-hydrogen) atoms. The first-order valence-corrected chi connectivity index (χ1v) is 6.12. The lowest BCUT2D eigenvalue weighted by atomic mass is 9.94. The van der Waals surface area contributed by atoms with E-state index in [-0.39, 0.29) is 0 Å². The minimum absolute atomic E-state index is 0.580. The maximum atomic E-state index is 3.69. The van der Waals surface area contributed by atoms with Gasteiger partial charge in [0.2, 0.25) is 0 Å². The number of rotatable bonds is 2. The Labute approximate surface area is 92.9 Å². The van der Waals surface area contributed by atoms with Crippen molar-refractivity contribution in [2.24, 2.45) is 5.92 Å². The van der Waals surface area contributed by atoms with Gasteiger partial charge in [-0.3, -0.25) is 0 Å². The van der Waals surface area contributed by atoms with Gasteiger partial charge in [0, 0.05) is 6.04 Å². The summed E-state index contributed by atoms with van der Waals surface area (Å²) in [5, 5.41) is 3.69. The zero-order valence-electron chi connectivity index (χ0n) is 9.79. The van der Waals surface area contributed by atoms with Crippen molar-refractivity contribution in [2.45, 2.75) is 39.2 Å². The number of hydrogen-bond acceptors (Lipinski definition) is 1. The second kappa shape index (κ2) is 4.80. The van der Waals surface area contributed by atoms with Crippen LogP contribution in [-0.2, 0) is 6.42 Å². The third-order valence-corrected chi connectivity index (χ3v) is 3.29. The van der Waals surface area contributed by atoms with Gasteiger partial charge >= 0.3 is 0 Å². The summed E-state index contributed by atoms with van der Waals surface area (Å²) in [4.78, 5) is 0. The topological polar surface area (TPSA) is 12.0 Å². The molecule has 82 valence electrons. The van der Waals surface area contributed by atoms with E-state index in [2.05, 4.69) is 43.4 Å². The van der Waals surface area contributed by atoms with Crippen LogP contribution in [0.3, 0.4) is 0 Å². The number of fused-ring (bicyclic) bond motifs is 1. The highest BCUT2D eigenvalue weighted by Crippen LogP contribution is 2.27. The Morgan fingerprint density at radius 1 is 1.33 bits per heavy atom. The molecule has 0 bridgehead atoms. The lowest BCUT2D eigenvalue weighted by Gasteiger charge is -2.17. The molecule has 0 aromatic heterocycles. The van der Waals surface area contributed by atoms with E-state index in [4.69, 9.17) is 0 Å². The summed E-state index contributed by atoms with van der Waals surface area (Å²) in [6, 6.07) is 9.50. The highest BCUT2D eigenvalue weighted by Gasteiger charge is 2.19. The molecule has 0 aliphatic carbocycles. The van der Waals surface area contributed by atoms with Crippen molar-refractivity contribution in [2.75, 3.05) is 6.54 Å². The minimum Gasteiger partial charge on any atom is -0.310 e. The van der Waals surface area contributed by atoms with Gasteiger partial charge in [0.05, 0.1) is 0 Å². The lowest BCUT2D eigenvalue weighted by molar-refractivity contribution is 0.455. The van der Waals surface area contributed by atoms with Gasteiger partial charge in [-0.05, 0) is 36.4 Å². The van der Waals surface area contributed by atoms with Crippen molar-refractivity contribution in [3.63, 3.8) is 0 Å². The van der Waals surface area contributed by atoms with Crippen LogP contribution >= 0.6 is 0 Å². The highest BCUT2D eigenvalue weighted by atomic mass is 14.9. The molecule has 1 aromatic carbocycles. The molecule has 1 nitrogen and oxygen atoms in total. The van der Waals surface area contributed by atoms with Crippen molar-refractivity contribution in [3.8, 4) is 0 Å². The Balaban J connectivity index is 2.29. The van der Waals surface area contributed by atoms with Crippen LogP contribution in [0, 0.1) is 5.92 Å². The molecular weight excluding hydrogens is 182 g/mol. The van der Waals surface area contributed by atoms with Crippen molar-refractivity contribution in [1.29, 1.82) is 0 Å². The fourth-order valence-electron chi connectivity index (χ4n) is 2.51. The molecule has 1 aliphatic heterocycles. The maximum Gasteiger partial charge on any atom is 0.0322 e. The SMILES string of the molecule is CCCC1NCC(C)Cc2ccccc21. The number of benzene rings is 1. The molecule has 2 unspecified atom stereocenters. The second-order valence-electron chi connectivity index (χ2n) is 4.76. The molecule has 1 N–H and O–H groups in total. The summed E-state index contributed by atoms with van der Waals surface area (Å²) in [6.07, 6.45) is 3.73. The number of hydrogen-bond donors (Lipinski definition) is 1. The Hall–Kier alpha value is -0.820. The molecular formula is C14H21N. The van der Waals surface area contributed by atoms with Crippen LogP contribution in [0.4, 0.5) is 0 Å². The molecule has 0 radical (unpaired) electrons. The molecule has 0 saturated carbocycles. The zero-order valence-corrected chi connectivity index (χ0v) is 9.79. The average molecular weight is 203 g/mol. The molecule has 1 aromatic rings. The third-order valence-electron chi connectivity index (χ3n) is 3.29. The van der Waals surface area contributed by atoms with Gasteiger partial charge in [0.1, 0.15) is 0 Å². The first-order chi connectivity index (χ1) is 7.31. The lowest BCUT2D eigenvalue weighted by Crippen LogP contribution is -2.23. The van der Waals surface area contributed by atoms with Crippen LogP contribution in [0.25, 0.3) is 0 Å². The van der Waals surface area contributed by atoms with Crippen LogP contribution in [0.15, 0.2) is 24.3 Å². The van der Waals surface area contributed by atoms with Crippen molar-refractivity contribution in [3.05, 3.63) is 35.4 Å². The summed E-state index contributed by atoms with van der Waals surface area (Å²) in [5.41, 5.74) is 3.08. The smallest absolute Gasteiger partial charge is 0.0322 e. The standard InChI is InChI=1S/C14H21N/c1-3-6-14-13-8-5-4-7-12(13)9-11(2)10-15-14/h4-5,7-8,11,14-15H,3,6,9-10H2,1-2H3. The van der Waals surface area contributed by atoms with Gasteiger partial charge in [-0.15, -0.1) is 0 Å². The zero-order chi connectivity index (χ0) is 10.7. The summed E-state index contributed by atoms with van der Waals surface area (Å²) < 4.78 is 0. The van der Waals surface area contributed by atoms with Crippen molar-refractivity contribution in [1.82, 2.24) is 5.32 Å². The van der Waals surface area contributed by atoms with Gasteiger partial charge in [0.25, 0.3) is 0 Å². The molecule has 2 atom stereocenters. The van der Waals surface area contributed by atoms with Crippen molar-refractivity contribution < 1.29 is 0 Å². The Morgan fingerprint density at radius 2 is 2.13 bits per heavy atom. The average Bonchev–Trinajstić information content (AvgIpc) is 2.39.